The molecule has 0 bridgehead atoms. The largest absolute Gasteiger partial charge is 0.338 e. The van der Waals surface area contributed by atoms with E-state index >= 15 is 0 Å². The predicted molar refractivity (Wildman–Crippen MR) is 79.1 cm³/mol. The Hall–Kier alpha value is -1.41. The number of hydrogen-bond acceptors (Lipinski definition) is 4. The minimum Gasteiger partial charge on any atom is -0.338 e. The van der Waals surface area contributed by atoms with Gasteiger partial charge in [0.15, 0.2) is 0 Å². The maximum atomic E-state index is 12.4. The van der Waals surface area contributed by atoms with E-state index in [9.17, 15) is 13.2 Å². The van der Waals surface area contributed by atoms with Crippen molar-refractivity contribution in [1.29, 1.82) is 0 Å². The summed E-state index contributed by atoms with van der Waals surface area (Å²) in [6.45, 7) is 6.89. The molecular formula is C13H22N4O3S. The second kappa shape index (κ2) is 5.76. The summed E-state index contributed by atoms with van der Waals surface area (Å²) in [6.07, 6.45) is 3.28. The zero-order valence-electron chi connectivity index (χ0n) is 12.6. The fourth-order valence-electron chi connectivity index (χ4n) is 2.63. The van der Waals surface area contributed by atoms with Crippen molar-refractivity contribution in [3.05, 3.63) is 18.0 Å². The minimum atomic E-state index is -3.52. The van der Waals surface area contributed by atoms with Crippen molar-refractivity contribution in [1.82, 2.24) is 14.7 Å². The highest BCUT2D eigenvalue weighted by molar-refractivity contribution is 7.89. The second-order valence-corrected chi connectivity index (χ2v) is 7.74. The molecular weight excluding hydrogens is 292 g/mol. The van der Waals surface area contributed by atoms with Gasteiger partial charge in [0, 0.05) is 25.3 Å². The van der Waals surface area contributed by atoms with E-state index in [1.165, 1.54) is 0 Å². The average Bonchev–Trinajstić information content (AvgIpc) is 2.94. The Morgan fingerprint density at radius 2 is 2.14 bits per heavy atom. The molecule has 2 heterocycles. The summed E-state index contributed by atoms with van der Waals surface area (Å²) in [4.78, 5) is 14.1. The number of carbonyl (C=O) groups is 1. The highest BCUT2D eigenvalue weighted by Crippen LogP contribution is 2.25. The summed E-state index contributed by atoms with van der Waals surface area (Å²) >= 11 is 0. The van der Waals surface area contributed by atoms with Crippen molar-refractivity contribution in [3.63, 3.8) is 0 Å². The molecule has 1 aromatic rings. The molecule has 1 fully saturated rings. The van der Waals surface area contributed by atoms with Crippen LogP contribution in [0.4, 0.5) is 0 Å². The summed E-state index contributed by atoms with van der Waals surface area (Å²) in [5.41, 5.74) is 0.534. The Kier molecular flexibility index (Phi) is 4.38. The van der Waals surface area contributed by atoms with Crippen LogP contribution in [-0.2, 0) is 10.0 Å². The maximum absolute atomic E-state index is 12.4. The highest BCUT2D eigenvalue weighted by Gasteiger charge is 2.35. The second-order valence-electron chi connectivity index (χ2n) is 6.08. The number of rotatable bonds is 4. The lowest BCUT2D eigenvalue weighted by atomic mass is 10.0. The lowest BCUT2D eigenvalue weighted by Crippen LogP contribution is -2.30. The van der Waals surface area contributed by atoms with Gasteiger partial charge in [-0.05, 0) is 25.7 Å². The SMILES string of the molecule is CC(C)n1cc(C(=O)N2C[C@@H](CS(N)(=O)=O)[C@H](C)C2)cn1. The smallest absolute Gasteiger partial charge is 0.257 e. The molecule has 0 aromatic carbocycles. The first-order chi connectivity index (χ1) is 9.67. The highest BCUT2D eigenvalue weighted by atomic mass is 32.2. The van der Waals surface area contributed by atoms with E-state index in [-0.39, 0.29) is 29.5 Å². The van der Waals surface area contributed by atoms with E-state index < -0.39 is 10.0 Å². The molecule has 1 amide bonds. The van der Waals surface area contributed by atoms with Crippen LogP contribution in [0.1, 0.15) is 37.2 Å². The van der Waals surface area contributed by atoms with Gasteiger partial charge in [0.25, 0.3) is 5.91 Å². The first-order valence-corrected chi connectivity index (χ1v) is 8.73. The average molecular weight is 314 g/mol. The van der Waals surface area contributed by atoms with Crippen molar-refractivity contribution in [2.75, 3.05) is 18.8 Å². The van der Waals surface area contributed by atoms with Gasteiger partial charge in [-0.2, -0.15) is 5.10 Å². The van der Waals surface area contributed by atoms with Gasteiger partial charge >= 0.3 is 0 Å². The number of sulfonamides is 1. The number of aromatic nitrogens is 2. The van der Waals surface area contributed by atoms with Crippen LogP contribution in [0.15, 0.2) is 12.4 Å². The van der Waals surface area contributed by atoms with Crippen LogP contribution in [-0.4, -0.2) is 47.8 Å². The van der Waals surface area contributed by atoms with Gasteiger partial charge in [0.2, 0.25) is 10.0 Å². The maximum Gasteiger partial charge on any atom is 0.257 e. The third-order valence-corrected chi connectivity index (χ3v) is 4.77. The molecule has 0 radical (unpaired) electrons. The van der Waals surface area contributed by atoms with E-state index in [2.05, 4.69) is 5.10 Å². The van der Waals surface area contributed by atoms with Crippen LogP contribution < -0.4 is 5.14 Å². The molecule has 2 N–H and O–H groups in total. The fourth-order valence-corrected chi connectivity index (χ4v) is 3.66. The van der Waals surface area contributed by atoms with E-state index in [4.69, 9.17) is 5.14 Å². The Morgan fingerprint density at radius 1 is 1.48 bits per heavy atom. The van der Waals surface area contributed by atoms with E-state index in [1.807, 2.05) is 20.8 Å². The van der Waals surface area contributed by atoms with E-state index in [1.54, 1.807) is 22.0 Å². The van der Waals surface area contributed by atoms with Crippen molar-refractivity contribution in [2.24, 2.45) is 17.0 Å². The molecule has 21 heavy (non-hydrogen) atoms. The van der Waals surface area contributed by atoms with Crippen molar-refractivity contribution >= 4 is 15.9 Å². The Bertz CT molecular complexity index is 623. The van der Waals surface area contributed by atoms with E-state index in [0.29, 0.717) is 18.7 Å². The summed E-state index contributed by atoms with van der Waals surface area (Å²) < 4.78 is 24.2. The first kappa shape index (κ1) is 16.0. The monoisotopic (exact) mass is 314 g/mol. The molecule has 2 rings (SSSR count). The summed E-state index contributed by atoms with van der Waals surface area (Å²) in [7, 11) is -3.52. The molecule has 8 heteroatoms. The lowest BCUT2D eigenvalue weighted by Gasteiger charge is -2.15. The number of carbonyl (C=O) groups excluding carboxylic acids is 1. The molecule has 0 unspecified atom stereocenters. The number of hydrogen-bond donors (Lipinski definition) is 1. The number of nitrogens with two attached hydrogens (primary N) is 1. The molecule has 0 saturated carbocycles. The Labute approximate surface area is 125 Å². The summed E-state index contributed by atoms with van der Waals surface area (Å²) in [5, 5.41) is 9.26. The molecule has 1 aromatic heterocycles. The molecule has 2 atom stereocenters. The van der Waals surface area contributed by atoms with Gasteiger partial charge in [0.05, 0.1) is 17.5 Å². The molecule has 1 aliphatic rings. The quantitative estimate of drug-likeness (QED) is 0.873. The zero-order valence-corrected chi connectivity index (χ0v) is 13.4. The topological polar surface area (TPSA) is 98.3 Å². The Balaban J connectivity index is 2.07. The number of primary sulfonamides is 1. The standard InChI is InChI=1S/C13H22N4O3S/c1-9(2)17-7-11(4-15-17)13(18)16-5-10(3)12(6-16)8-21(14,19)20/h4,7,9-10,12H,5-6,8H2,1-3H3,(H2,14,19,20)/t10-,12+/m1/s1. The summed E-state index contributed by atoms with van der Waals surface area (Å²) in [6, 6.07) is 0.194. The Morgan fingerprint density at radius 3 is 2.67 bits per heavy atom. The third kappa shape index (κ3) is 3.82. The van der Waals surface area contributed by atoms with Gasteiger partial charge in [0.1, 0.15) is 0 Å². The third-order valence-electron chi connectivity index (χ3n) is 3.88. The van der Waals surface area contributed by atoms with Crippen LogP contribution in [0.5, 0.6) is 0 Å². The van der Waals surface area contributed by atoms with Crippen LogP contribution in [0.25, 0.3) is 0 Å². The van der Waals surface area contributed by atoms with Gasteiger partial charge in [-0.1, -0.05) is 6.92 Å². The molecule has 118 valence electrons. The van der Waals surface area contributed by atoms with Gasteiger partial charge in [-0.15, -0.1) is 0 Å². The van der Waals surface area contributed by atoms with Crippen LogP contribution in [0.2, 0.25) is 0 Å². The zero-order chi connectivity index (χ0) is 15.8. The van der Waals surface area contributed by atoms with Crippen molar-refractivity contribution in [3.8, 4) is 0 Å². The molecule has 7 nitrogen and oxygen atoms in total. The summed E-state index contributed by atoms with van der Waals surface area (Å²) in [5.74, 6) is -0.175. The number of nitrogens with zero attached hydrogens (tertiary/aromatic N) is 3. The van der Waals surface area contributed by atoms with Crippen LogP contribution in [0, 0.1) is 11.8 Å². The van der Waals surface area contributed by atoms with E-state index in [0.717, 1.165) is 0 Å². The van der Waals surface area contributed by atoms with Crippen LogP contribution in [0.3, 0.4) is 0 Å². The normalized spacial score (nSPS) is 23.0. The molecule has 1 saturated heterocycles. The van der Waals surface area contributed by atoms with Gasteiger partial charge in [-0.3, -0.25) is 9.48 Å². The first-order valence-electron chi connectivity index (χ1n) is 7.01. The number of likely N-dealkylation sites (tertiary alicyclic amines) is 1. The van der Waals surface area contributed by atoms with Gasteiger partial charge in [-0.25, -0.2) is 13.6 Å². The van der Waals surface area contributed by atoms with Crippen LogP contribution >= 0.6 is 0 Å². The molecule has 0 spiro atoms. The molecule has 0 aliphatic carbocycles. The minimum absolute atomic E-state index is 0.0802. The lowest BCUT2D eigenvalue weighted by molar-refractivity contribution is 0.0785. The molecule has 1 aliphatic heterocycles. The predicted octanol–water partition coefficient (Wildman–Crippen LogP) is 0.461. The van der Waals surface area contributed by atoms with Gasteiger partial charge < -0.3 is 4.90 Å². The number of amides is 1. The van der Waals surface area contributed by atoms with Crippen molar-refractivity contribution < 1.29 is 13.2 Å². The van der Waals surface area contributed by atoms with Crippen molar-refractivity contribution in [2.45, 2.75) is 26.8 Å². The fraction of sp³-hybridized carbons (Fsp3) is 0.692.